The van der Waals surface area contributed by atoms with Crippen LogP contribution in [-0.4, -0.2) is 32.2 Å². The molecule has 2 rings (SSSR count). The fraction of sp³-hybridized carbons (Fsp3) is 0.462. The Morgan fingerprint density at radius 1 is 1.47 bits per heavy atom. The van der Waals surface area contributed by atoms with Crippen LogP contribution in [0.2, 0.25) is 0 Å². The number of carboxylic acids is 1. The molecule has 0 aliphatic rings. The molecule has 2 aromatic rings. The van der Waals surface area contributed by atoms with Crippen molar-refractivity contribution in [3.05, 3.63) is 24.0 Å². The standard InChI is InChI=1S/C13H18N4O2/c1-9(2)4-3-7-14-11-5-6-12-15-10(13(18)19)8-17(12)16-11/h5-6,8-9H,3-4,7H2,1-2H3,(H,14,16)(H,18,19). The molecule has 0 bridgehead atoms. The Morgan fingerprint density at radius 2 is 2.26 bits per heavy atom. The fourth-order valence-electron chi connectivity index (χ4n) is 1.81. The molecule has 2 N–H and O–H groups in total. The number of nitrogens with zero attached hydrogens (tertiary/aromatic N) is 3. The summed E-state index contributed by atoms with van der Waals surface area (Å²) >= 11 is 0. The molecule has 0 aromatic carbocycles. The van der Waals surface area contributed by atoms with E-state index in [1.165, 1.54) is 17.1 Å². The number of rotatable bonds is 6. The van der Waals surface area contributed by atoms with Crippen molar-refractivity contribution in [3.8, 4) is 0 Å². The van der Waals surface area contributed by atoms with E-state index >= 15 is 0 Å². The number of carbonyl (C=O) groups is 1. The van der Waals surface area contributed by atoms with E-state index in [9.17, 15) is 4.79 Å². The van der Waals surface area contributed by atoms with Gasteiger partial charge >= 0.3 is 5.97 Å². The van der Waals surface area contributed by atoms with Crippen LogP contribution in [-0.2, 0) is 0 Å². The number of carboxylic acid groups (broad SMARTS) is 1. The zero-order valence-electron chi connectivity index (χ0n) is 11.1. The van der Waals surface area contributed by atoms with E-state index in [1.54, 1.807) is 6.07 Å². The van der Waals surface area contributed by atoms with Crippen molar-refractivity contribution in [2.24, 2.45) is 5.92 Å². The largest absolute Gasteiger partial charge is 0.476 e. The topological polar surface area (TPSA) is 79.5 Å². The molecule has 0 saturated carbocycles. The first-order valence-corrected chi connectivity index (χ1v) is 6.40. The summed E-state index contributed by atoms with van der Waals surface area (Å²) in [6.45, 7) is 5.25. The third-order valence-electron chi connectivity index (χ3n) is 2.80. The summed E-state index contributed by atoms with van der Waals surface area (Å²) in [7, 11) is 0. The summed E-state index contributed by atoms with van der Waals surface area (Å²) in [5, 5.41) is 16.4. The molecule has 6 nitrogen and oxygen atoms in total. The highest BCUT2D eigenvalue weighted by Gasteiger charge is 2.09. The highest BCUT2D eigenvalue weighted by Crippen LogP contribution is 2.09. The number of hydrogen-bond acceptors (Lipinski definition) is 4. The van der Waals surface area contributed by atoms with E-state index < -0.39 is 5.97 Å². The van der Waals surface area contributed by atoms with Crippen LogP contribution in [0.15, 0.2) is 18.3 Å². The average molecular weight is 262 g/mol. The number of aromatic nitrogens is 3. The lowest BCUT2D eigenvalue weighted by Crippen LogP contribution is -2.06. The van der Waals surface area contributed by atoms with Crippen molar-refractivity contribution in [3.63, 3.8) is 0 Å². The molecule has 6 heteroatoms. The Labute approximate surface area is 111 Å². The molecule has 0 fully saturated rings. The van der Waals surface area contributed by atoms with Gasteiger partial charge in [0.05, 0.1) is 6.20 Å². The zero-order valence-corrected chi connectivity index (χ0v) is 11.1. The number of aromatic carboxylic acids is 1. The van der Waals surface area contributed by atoms with Gasteiger partial charge < -0.3 is 10.4 Å². The second kappa shape index (κ2) is 5.69. The molecule has 0 amide bonds. The second-order valence-electron chi connectivity index (χ2n) is 4.92. The Hall–Kier alpha value is -2.11. The Kier molecular flexibility index (Phi) is 3.99. The first-order valence-electron chi connectivity index (χ1n) is 6.40. The molecular weight excluding hydrogens is 244 g/mol. The fourth-order valence-corrected chi connectivity index (χ4v) is 1.81. The van der Waals surface area contributed by atoms with Gasteiger partial charge in [-0.3, -0.25) is 0 Å². The number of imidazole rings is 1. The van der Waals surface area contributed by atoms with Crippen LogP contribution in [0.1, 0.15) is 37.2 Å². The third kappa shape index (κ3) is 3.43. The van der Waals surface area contributed by atoms with Crippen LogP contribution in [0, 0.1) is 5.92 Å². The second-order valence-corrected chi connectivity index (χ2v) is 4.92. The summed E-state index contributed by atoms with van der Waals surface area (Å²) in [6, 6.07) is 3.56. The quantitative estimate of drug-likeness (QED) is 0.781. The lowest BCUT2D eigenvalue weighted by Gasteiger charge is -2.07. The van der Waals surface area contributed by atoms with Gasteiger partial charge in [-0.25, -0.2) is 14.3 Å². The molecule has 19 heavy (non-hydrogen) atoms. The highest BCUT2D eigenvalue weighted by atomic mass is 16.4. The minimum absolute atomic E-state index is 0.00413. The van der Waals surface area contributed by atoms with E-state index in [0.29, 0.717) is 11.6 Å². The van der Waals surface area contributed by atoms with Crippen molar-refractivity contribution in [1.29, 1.82) is 0 Å². The maximum atomic E-state index is 10.8. The van der Waals surface area contributed by atoms with E-state index in [-0.39, 0.29) is 5.69 Å². The van der Waals surface area contributed by atoms with Gasteiger partial charge in [-0.2, -0.15) is 0 Å². The molecular formula is C13H18N4O2. The minimum atomic E-state index is -1.04. The van der Waals surface area contributed by atoms with Crippen molar-refractivity contribution in [2.45, 2.75) is 26.7 Å². The first kappa shape index (κ1) is 13.3. The van der Waals surface area contributed by atoms with Gasteiger partial charge in [0.15, 0.2) is 11.3 Å². The van der Waals surface area contributed by atoms with Crippen molar-refractivity contribution < 1.29 is 9.90 Å². The monoisotopic (exact) mass is 262 g/mol. The van der Waals surface area contributed by atoms with E-state index in [4.69, 9.17) is 5.11 Å². The SMILES string of the molecule is CC(C)CCCNc1ccc2nc(C(=O)O)cn2n1. The van der Waals surface area contributed by atoms with Crippen LogP contribution in [0.25, 0.3) is 5.65 Å². The predicted octanol–water partition coefficient (Wildman–Crippen LogP) is 2.28. The van der Waals surface area contributed by atoms with Crippen LogP contribution in [0.4, 0.5) is 5.82 Å². The number of hydrogen-bond donors (Lipinski definition) is 2. The zero-order chi connectivity index (χ0) is 13.8. The van der Waals surface area contributed by atoms with Gasteiger partial charge in [-0.1, -0.05) is 13.8 Å². The molecule has 0 spiro atoms. The molecule has 0 saturated heterocycles. The van der Waals surface area contributed by atoms with Gasteiger partial charge in [0.1, 0.15) is 5.82 Å². The van der Waals surface area contributed by atoms with Crippen molar-refractivity contribution in [2.75, 3.05) is 11.9 Å². The molecule has 0 unspecified atom stereocenters. The minimum Gasteiger partial charge on any atom is -0.476 e. The Balaban J connectivity index is 2.02. The number of fused-ring (bicyclic) bond motifs is 1. The molecule has 2 aromatic heterocycles. The van der Waals surface area contributed by atoms with Gasteiger partial charge in [0, 0.05) is 6.54 Å². The molecule has 0 radical (unpaired) electrons. The smallest absolute Gasteiger partial charge is 0.356 e. The van der Waals surface area contributed by atoms with Crippen LogP contribution >= 0.6 is 0 Å². The summed E-state index contributed by atoms with van der Waals surface area (Å²) in [5.41, 5.74) is 0.537. The molecule has 2 heterocycles. The number of anilines is 1. The molecule has 0 atom stereocenters. The lowest BCUT2D eigenvalue weighted by atomic mass is 10.1. The van der Waals surface area contributed by atoms with E-state index in [2.05, 4.69) is 29.2 Å². The summed E-state index contributed by atoms with van der Waals surface area (Å²) in [4.78, 5) is 14.8. The normalized spacial score (nSPS) is 11.1. The van der Waals surface area contributed by atoms with Gasteiger partial charge in [-0.15, -0.1) is 5.10 Å². The van der Waals surface area contributed by atoms with E-state index in [0.717, 1.165) is 18.8 Å². The van der Waals surface area contributed by atoms with Gasteiger partial charge in [0.25, 0.3) is 0 Å². The van der Waals surface area contributed by atoms with Crippen LogP contribution in [0.5, 0.6) is 0 Å². The third-order valence-corrected chi connectivity index (χ3v) is 2.80. The lowest BCUT2D eigenvalue weighted by molar-refractivity contribution is 0.0691. The molecule has 102 valence electrons. The summed E-state index contributed by atoms with van der Waals surface area (Å²) in [6.07, 6.45) is 3.67. The summed E-state index contributed by atoms with van der Waals surface area (Å²) < 4.78 is 1.48. The highest BCUT2D eigenvalue weighted by molar-refractivity contribution is 5.86. The predicted molar refractivity (Wildman–Crippen MR) is 72.5 cm³/mol. The van der Waals surface area contributed by atoms with Crippen molar-refractivity contribution in [1.82, 2.24) is 14.6 Å². The van der Waals surface area contributed by atoms with E-state index in [1.807, 2.05) is 6.07 Å². The first-order chi connectivity index (χ1) is 9.06. The Morgan fingerprint density at radius 3 is 2.95 bits per heavy atom. The summed E-state index contributed by atoms with van der Waals surface area (Å²) in [5.74, 6) is 0.381. The maximum Gasteiger partial charge on any atom is 0.356 e. The Bertz CT molecular complexity index is 577. The van der Waals surface area contributed by atoms with Gasteiger partial charge in [0.2, 0.25) is 0 Å². The van der Waals surface area contributed by atoms with Gasteiger partial charge in [-0.05, 0) is 30.9 Å². The van der Waals surface area contributed by atoms with Crippen LogP contribution < -0.4 is 5.32 Å². The maximum absolute atomic E-state index is 10.8. The average Bonchev–Trinajstić information content (AvgIpc) is 2.77. The van der Waals surface area contributed by atoms with Crippen molar-refractivity contribution >= 4 is 17.4 Å². The molecule has 0 aliphatic heterocycles. The van der Waals surface area contributed by atoms with Crippen LogP contribution in [0.3, 0.4) is 0 Å². The molecule has 0 aliphatic carbocycles. The number of nitrogens with one attached hydrogen (secondary N) is 1.